The third kappa shape index (κ3) is 3.00. The largest absolute Gasteiger partial charge is 0.394 e. The van der Waals surface area contributed by atoms with E-state index in [9.17, 15) is 9.59 Å². The van der Waals surface area contributed by atoms with Gasteiger partial charge < -0.3 is 9.84 Å². The van der Waals surface area contributed by atoms with Gasteiger partial charge in [-0.1, -0.05) is 0 Å². The molecule has 15 heavy (non-hydrogen) atoms. The fraction of sp³-hybridized carbons (Fsp3) is 0.800. The highest BCUT2D eigenvalue weighted by atomic mass is 16.5. The van der Waals surface area contributed by atoms with Crippen molar-refractivity contribution in [1.29, 1.82) is 0 Å². The molecule has 0 aliphatic carbocycles. The van der Waals surface area contributed by atoms with Crippen LogP contribution in [0, 0.1) is 0 Å². The Hall–Kier alpha value is -0.940. The first-order valence-electron chi connectivity index (χ1n) is 5.15. The SMILES string of the molecule is COCC(CO)N1C(=O)CCCCC1=O. The molecule has 1 N–H and O–H groups in total. The van der Waals surface area contributed by atoms with Crippen molar-refractivity contribution < 1.29 is 19.4 Å². The summed E-state index contributed by atoms with van der Waals surface area (Å²) in [5.41, 5.74) is 0. The fourth-order valence-corrected chi connectivity index (χ4v) is 1.74. The number of ether oxygens (including phenoxy) is 1. The molecule has 1 rings (SSSR count). The highest BCUT2D eigenvalue weighted by Gasteiger charge is 2.30. The van der Waals surface area contributed by atoms with Crippen LogP contribution in [0.15, 0.2) is 0 Å². The standard InChI is InChI=1S/C10H17NO4/c1-15-7-8(6-12)11-9(13)4-2-3-5-10(11)14/h8,12H,2-7H2,1H3. The molecule has 0 spiro atoms. The van der Waals surface area contributed by atoms with Gasteiger partial charge in [0, 0.05) is 20.0 Å². The minimum Gasteiger partial charge on any atom is -0.394 e. The lowest BCUT2D eigenvalue weighted by molar-refractivity contribution is -0.149. The molecule has 2 amide bonds. The molecule has 0 aromatic rings. The molecule has 86 valence electrons. The first kappa shape index (κ1) is 12.1. The van der Waals surface area contributed by atoms with Gasteiger partial charge in [0.2, 0.25) is 11.8 Å². The molecule has 1 heterocycles. The Labute approximate surface area is 89.0 Å². The summed E-state index contributed by atoms with van der Waals surface area (Å²) in [6.07, 6.45) is 2.25. The van der Waals surface area contributed by atoms with Crippen molar-refractivity contribution in [2.45, 2.75) is 31.7 Å². The maximum atomic E-state index is 11.6. The molecule has 1 atom stereocenters. The maximum Gasteiger partial charge on any atom is 0.229 e. The predicted octanol–water partition coefficient (Wildman–Crippen LogP) is -0.0771. The number of aliphatic hydroxyl groups excluding tert-OH is 1. The minimum absolute atomic E-state index is 0.188. The highest BCUT2D eigenvalue weighted by Crippen LogP contribution is 2.15. The van der Waals surface area contributed by atoms with Gasteiger partial charge in [0.25, 0.3) is 0 Å². The van der Waals surface area contributed by atoms with Crippen LogP contribution < -0.4 is 0 Å². The highest BCUT2D eigenvalue weighted by molar-refractivity contribution is 5.96. The lowest BCUT2D eigenvalue weighted by Crippen LogP contribution is -2.47. The molecule has 0 radical (unpaired) electrons. The lowest BCUT2D eigenvalue weighted by atomic mass is 10.2. The van der Waals surface area contributed by atoms with E-state index in [1.165, 1.54) is 7.11 Å². The molecule has 0 bridgehead atoms. The van der Waals surface area contributed by atoms with Gasteiger partial charge in [-0.3, -0.25) is 14.5 Å². The van der Waals surface area contributed by atoms with Gasteiger partial charge in [0.1, 0.15) is 0 Å². The number of methoxy groups -OCH3 is 1. The molecule has 1 aliphatic rings. The molecule has 5 nitrogen and oxygen atoms in total. The van der Waals surface area contributed by atoms with E-state index in [0.29, 0.717) is 12.8 Å². The zero-order valence-corrected chi connectivity index (χ0v) is 8.94. The van der Waals surface area contributed by atoms with Crippen LogP contribution in [0.3, 0.4) is 0 Å². The zero-order valence-electron chi connectivity index (χ0n) is 8.94. The number of carbonyl (C=O) groups excluding carboxylic acids is 2. The van der Waals surface area contributed by atoms with Crippen LogP contribution in [-0.2, 0) is 14.3 Å². The summed E-state index contributed by atoms with van der Waals surface area (Å²) in [5, 5.41) is 9.11. The smallest absolute Gasteiger partial charge is 0.229 e. The van der Waals surface area contributed by atoms with Gasteiger partial charge in [-0.05, 0) is 12.8 Å². The quantitative estimate of drug-likeness (QED) is 0.666. The molecule has 1 fully saturated rings. The van der Waals surface area contributed by atoms with Crippen molar-refractivity contribution in [2.75, 3.05) is 20.3 Å². The summed E-state index contributed by atoms with van der Waals surface area (Å²) in [5.74, 6) is -0.401. The Morgan fingerprint density at radius 3 is 2.27 bits per heavy atom. The van der Waals surface area contributed by atoms with E-state index in [2.05, 4.69) is 0 Å². The zero-order chi connectivity index (χ0) is 11.3. The van der Waals surface area contributed by atoms with Crippen LogP contribution in [0.5, 0.6) is 0 Å². The van der Waals surface area contributed by atoms with E-state index in [0.717, 1.165) is 17.7 Å². The van der Waals surface area contributed by atoms with E-state index in [1.807, 2.05) is 0 Å². The van der Waals surface area contributed by atoms with Crippen LogP contribution in [0.1, 0.15) is 25.7 Å². The third-order valence-corrected chi connectivity index (χ3v) is 2.50. The lowest BCUT2D eigenvalue weighted by Gasteiger charge is -2.26. The van der Waals surface area contributed by atoms with Gasteiger partial charge in [0.05, 0.1) is 19.3 Å². The van der Waals surface area contributed by atoms with E-state index in [1.54, 1.807) is 0 Å². The monoisotopic (exact) mass is 215 g/mol. The summed E-state index contributed by atoms with van der Waals surface area (Å²) >= 11 is 0. The Morgan fingerprint density at radius 1 is 1.33 bits per heavy atom. The summed E-state index contributed by atoms with van der Waals surface area (Å²) < 4.78 is 4.88. The fourth-order valence-electron chi connectivity index (χ4n) is 1.74. The molecule has 0 aromatic carbocycles. The van der Waals surface area contributed by atoms with Crippen LogP contribution in [-0.4, -0.2) is 48.2 Å². The second kappa shape index (κ2) is 5.82. The summed E-state index contributed by atoms with van der Waals surface area (Å²) in [6.45, 7) is -0.0563. The van der Waals surface area contributed by atoms with E-state index in [4.69, 9.17) is 9.84 Å². The Balaban J connectivity index is 2.75. The first-order chi connectivity index (χ1) is 7.20. The van der Waals surface area contributed by atoms with E-state index < -0.39 is 6.04 Å². The molecule has 0 aromatic heterocycles. The van der Waals surface area contributed by atoms with Crippen LogP contribution in [0.25, 0.3) is 0 Å². The van der Waals surface area contributed by atoms with Crippen molar-refractivity contribution >= 4 is 11.8 Å². The van der Waals surface area contributed by atoms with Crippen molar-refractivity contribution in [3.8, 4) is 0 Å². The average Bonchev–Trinajstić information content (AvgIpc) is 2.38. The van der Waals surface area contributed by atoms with Crippen molar-refractivity contribution in [3.63, 3.8) is 0 Å². The molecule has 1 aliphatic heterocycles. The average molecular weight is 215 g/mol. The Bertz CT molecular complexity index is 224. The molecule has 0 saturated carbocycles. The number of imide groups is 1. The summed E-state index contributed by atoms with van der Waals surface area (Å²) in [6, 6.07) is -0.534. The molecular weight excluding hydrogens is 198 g/mol. The normalized spacial score (nSPS) is 20.3. The van der Waals surface area contributed by atoms with Gasteiger partial charge in [-0.15, -0.1) is 0 Å². The van der Waals surface area contributed by atoms with Crippen molar-refractivity contribution in [1.82, 2.24) is 4.90 Å². The minimum atomic E-state index is -0.534. The van der Waals surface area contributed by atoms with Crippen molar-refractivity contribution in [2.24, 2.45) is 0 Å². The first-order valence-corrected chi connectivity index (χ1v) is 5.15. The number of nitrogens with zero attached hydrogens (tertiary/aromatic N) is 1. The second-order valence-corrected chi connectivity index (χ2v) is 3.66. The number of carbonyl (C=O) groups is 2. The van der Waals surface area contributed by atoms with E-state index >= 15 is 0 Å². The van der Waals surface area contributed by atoms with Gasteiger partial charge in [-0.2, -0.15) is 0 Å². The maximum absolute atomic E-state index is 11.6. The Morgan fingerprint density at radius 2 is 1.87 bits per heavy atom. The molecule has 1 unspecified atom stereocenters. The molecule has 5 heteroatoms. The number of aliphatic hydroxyl groups is 1. The van der Waals surface area contributed by atoms with Crippen LogP contribution >= 0.6 is 0 Å². The van der Waals surface area contributed by atoms with Gasteiger partial charge >= 0.3 is 0 Å². The van der Waals surface area contributed by atoms with E-state index in [-0.39, 0.29) is 25.0 Å². The number of hydrogen-bond donors (Lipinski definition) is 1. The number of rotatable bonds is 4. The number of hydrogen-bond acceptors (Lipinski definition) is 4. The summed E-state index contributed by atoms with van der Waals surface area (Å²) in [4.78, 5) is 24.4. The topological polar surface area (TPSA) is 66.8 Å². The third-order valence-electron chi connectivity index (χ3n) is 2.50. The second-order valence-electron chi connectivity index (χ2n) is 3.66. The van der Waals surface area contributed by atoms with Gasteiger partial charge in [0.15, 0.2) is 0 Å². The molecular formula is C10H17NO4. The van der Waals surface area contributed by atoms with Crippen molar-refractivity contribution in [3.05, 3.63) is 0 Å². The number of amides is 2. The van der Waals surface area contributed by atoms with Gasteiger partial charge in [-0.25, -0.2) is 0 Å². The summed E-state index contributed by atoms with van der Waals surface area (Å²) in [7, 11) is 1.48. The molecule has 1 saturated heterocycles. The number of likely N-dealkylation sites (tertiary alicyclic amines) is 1. The predicted molar refractivity (Wildman–Crippen MR) is 53.1 cm³/mol. The van der Waals surface area contributed by atoms with Crippen LogP contribution in [0.2, 0.25) is 0 Å². The Kier molecular flexibility index (Phi) is 4.71. The van der Waals surface area contributed by atoms with Crippen LogP contribution in [0.4, 0.5) is 0 Å².